The Bertz CT molecular complexity index is 430. The van der Waals surface area contributed by atoms with Gasteiger partial charge in [-0.1, -0.05) is 33.6 Å². The van der Waals surface area contributed by atoms with Crippen LogP contribution < -0.4 is 16.6 Å². The topological polar surface area (TPSA) is 75.9 Å². The number of nitrogen functional groups attached to an aromatic ring is 1. The summed E-state index contributed by atoms with van der Waals surface area (Å²) in [5, 5.41) is 3.54. The maximum atomic E-state index is 5.48. The molecule has 1 fully saturated rings. The van der Waals surface area contributed by atoms with E-state index in [9.17, 15) is 0 Å². The molecular formula is C16H29N5. The minimum absolute atomic E-state index is 0.432. The monoisotopic (exact) mass is 291 g/mol. The molecule has 1 saturated carbocycles. The Kier molecular flexibility index (Phi) is 5.39. The third kappa shape index (κ3) is 4.30. The van der Waals surface area contributed by atoms with Gasteiger partial charge >= 0.3 is 0 Å². The molecule has 0 atom stereocenters. The lowest BCUT2D eigenvalue weighted by Crippen LogP contribution is -2.29. The van der Waals surface area contributed by atoms with E-state index in [1.165, 1.54) is 32.1 Å². The Morgan fingerprint density at radius 2 is 1.90 bits per heavy atom. The van der Waals surface area contributed by atoms with Gasteiger partial charge in [-0.2, -0.15) is 0 Å². The van der Waals surface area contributed by atoms with E-state index in [-0.39, 0.29) is 0 Å². The lowest BCUT2D eigenvalue weighted by Gasteiger charge is -2.31. The second-order valence-corrected chi connectivity index (χ2v) is 6.71. The molecule has 0 amide bonds. The number of aromatic nitrogens is 2. The van der Waals surface area contributed by atoms with Gasteiger partial charge in [0.1, 0.15) is 17.5 Å². The van der Waals surface area contributed by atoms with Crippen LogP contribution in [0, 0.1) is 11.3 Å². The second kappa shape index (κ2) is 7.07. The fourth-order valence-corrected chi connectivity index (χ4v) is 3.54. The van der Waals surface area contributed by atoms with Crippen LogP contribution in [0.25, 0.3) is 0 Å². The number of nitrogens with two attached hydrogens (primary N) is 1. The summed E-state index contributed by atoms with van der Waals surface area (Å²) in [6.45, 7) is 7.68. The third-order valence-electron chi connectivity index (χ3n) is 4.39. The van der Waals surface area contributed by atoms with Crippen LogP contribution in [0.15, 0.2) is 6.07 Å². The van der Waals surface area contributed by atoms with Crippen molar-refractivity contribution in [3.05, 3.63) is 11.9 Å². The summed E-state index contributed by atoms with van der Waals surface area (Å²) in [6, 6.07) is 1.89. The van der Waals surface area contributed by atoms with E-state index >= 15 is 0 Å². The molecule has 0 bridgehead atoms. The summed E-state index contributed by atoms with van der Waals surface area (Å²) in [7, 11) is 0. The van der Waals surface area contributed by atoms with Crippen LogP contribution in [0.3, 0.4) is 0 Å². The Morgan fingerprint density at radius 1 is 1.24 bits per heavy atom. The molecule has 1 aromatic heterocycles. The molecule has 21 heavy (non-hydrogen) atoms. The van der Waals surface area contributed by atoms with Crippen LogP contribution >= 0.6 is 0 Å². The summed E-state index contributed by atoms with van der Waals surface area (Å²) in [6.07, 6.45) is 7.45. The summed E-state index contributed by atoms with van der Waals surface area (Å²) < 4.78 is 0. The minimum Gasteiger partial charge on any atom is -0.369 e. The Balaban J connectivity index is 2.06. The molecule has 0 saturated heterocycles. The van der Waals surface area contributed by atoms with E-state index in [1.54, 1.807) is 0 Å². The van der Waals surface area contributed by atoms with Crippen LogP contribution in [0.4, 0.5) is 11.6 Å². The molecule has 0 aromatic carbocycles. The lowest BCUT2D eigenvalue weighted by molar-refractivity contribution is 0.252. The average molecular weight is 291 g/mol. The van der Waals surface area contributed by atoms with E-state index in [4.69, 9.17) is 5.84 Å². The van der Waals surface area contributed by atoms with Gasteiger partial charge in [-0.3, -0.25) is 0 Å². The maximum Gasteiger partial charge on any atom is 0.145 e. The number of rotatable bonds is 7. The molecule has 1 aromatic rings. The summed E-state index contributed by atoms with van der Waals surface area (Å²) >= 11 is 0. The van der Waals surface area contributed by atoms with Gasteiger partial charge in [0.05, 0.1) is 0 Å². The molecule has 118 valence electrons. The van der Waals surface area contributed by atoms with Gasteiger partial charge in [0.25, 0.3) is 0 Å². The van der Waals surface area contributed by atoms with Gasteiger partial charge in [-0.05, 0) is 30.6 Å². The highest BCUT2D eigenvalue weighted by molar-refractivity contribution is 5.47. The van der Waals surface area contributed by atoms with E-state index in [0.717, 1.165) is 30.5 Å². The highest BCUT2D eigenvalue weighted by atomic mass is 15.3. The molecule has 0 aliphatic heterocycles. The average Bonchev–Trinajstić information content (AvgIpc) is 2.92. The number of nitrogens with zero attached hydrogens (tertiary/aromatic N) is 2. The maximum absolute atomic E-state index is 5.48. The molecule has 0 radical (unpaired) electrons. The Labute approximate surface area is 128 Å². The molecule has 1 heterocycles. The zero-order chi connectivity index (χ0) is 15.3. The van der Waals surface area contributed by atoms with Crippen LogP contribution in [-0.4, -0.2) is 16.5 Å². The van der Waals surface area contributed by atoms with E-state index in [0.29, 0.717) is 11.2 Å². The van der Waals surface area contributed by atoms with Gasteiger partial charge in [0.2, 0.25) is 0 Å². The molecule has 1 aliphatic carbocycles. The first-order valence-corrected chi connectivity index (χ1v) is 8.15. The zero-order valence-electron chi connectivity index (χ0n) is 13.6. The smallest absolute Gasteiger partial charge is 0.145 e. The van der Waals surface area contributed by atoms with Crippen molar-refractivity contribution in [3.63, 3.8) is 0 Å². The van der Waals surface area contributed by atoms with Gasteiger partial charge in [0.15, 0.2) is 0 Å². The third-order valence-corrected chi connectivity index (χ3v) is 4.39. The summed E-state index contributed by atoms with van der Waals surface area (Å²) in [4.78, 5) is 8.88. The number of hydrazine groups is 1. The van der Waals surface area contributed by atoms with Crippen molar-refractivity contribution >= 4 is 11.6 Å². The van der Waals surface area contributed by atoms with Gasteiger partial charge < -0.3 is 10.7 Å². The highest BCUT2D eigenvalue weighted by Gasteiger charge is 2.34. The van der Waals surface area contributed by atoms with Crippen LogP contribution in [-0.2, 0) is 6.42 Å². The molecule has 5 nitrogen and oxygen atoms in total. The Hall–Kier alpha value is -1.36. The number of hydrogen-bond donors (Lipinski definition) is 3. The van der Waals surface area contributed by atoms with Crippen molar-refractivity contribution < 1.29 is 0 Å². The zero-order valence-corrected chi connectivity index (χ0v) is 13.6. The molecule has 1 aliphatic rings. The molecule has 5 heteroatoms. The molecule has 0 unspecified atom stereocenters. The molecular weight excluding hydrogens is 262 g/mol. The first-order chi connectivity index (χ1) is 10.1. The van der Waals surface area contributed by atoms with E-state index in [2.05, 4.69) is 41.5 Å². The van der Waals surface area contributed by atoms with Crippen molar-refractivity contribution in [2.24, 2.45) is 17.2 Å². The SMILES string of the molecule is CCc1nc(NN)cc(NCC2(CC(C)C)CCCC2)n1. The quantitative estimate of drug-likeness (QED) is 0.530. The summed E-state index contributed by atoms with van der Waals surface area (Å²) in [5.41, 5.74) is 3.05. The largest absolute Gasteiger partial charge is 0.369 e. The number of hydrogen-bond acceptors (Lipinski definition) is 5. The number of nitrogens with one attached hydrogen (secondary N) is 2. The summed E-state index contributed by atoms with van der Waals surface area (Å²) in [5.74, 6) is 8.59. The predicted molar refractivity (Wildman–Crippen MR) is 88.1 cm³/mol. The lowest BCUT2D eigenvalue weighted by atomic mass is 9.78. The molecule has 0 spiro atoms. The second-order valence-electron chi connectivity index (χ2n) is 6.71. The van der Waals surface area contributed by atoms with E-state index in [1.807, 2.05) is 6.07 Å². The van der Waals surface area contributed by atoms with E-state index < -0.39 is 0 Å². The van der Waals surface area contributed by atoms with Crippen molar-refractivity contribution in [2.45, 2.75) is 59.3 Å². The van der Waals surface area contributed by atoms with Gasteiger partial charge in [-0.15, -0.1) is 0 Å². The first kappa shape index (κ1) is 16.0. The highest BCUT2D eigenvalue weighted by Crippen LogP contribution is 2.43. The normalized spacial score (nSPS) is 17.2. The van der Waals surface area contributed by atoms with Gasteiger partial charge in [0, 0.05) is 19.0 Å². The fourth-order valence-electron chi connectivity index (χ4n) is 3.54. The predicted octanol–water partition coefficient (Wildman–Crippen LogP) is 3.34. The van der Waals surface area contributed by atoms with Crippen molar-refractivity contribution in [3.8, 4) is 0 Å². The van der Waals surface area contributed by atoms with Crippen molar-refractivity contribution in [1.82, 2.24) is 9.97 Å². The van der Waals surface area contributed by atoms with Crippen LogP contribution in [0.5, 0.6) is 0 Å². The van der Waals surface area contributed by atoms with Crippen molar-refractivity contribution in [1.29, 1.82) is 0 Å². The standard InChI is InChI=1S/C16H29N5/c1-4-13-19-14(9-15(20-13)21-17)18-11-16(10-12(2)3)7-5-6-8-16/h9,12H,4-8,10-11,17H2,1-3H3,(H2,18,19,20,21). The minimum atomic E-state index is 0.432. The Morgan fingerprint density at radius 3 is 2.48 bits per heavy atom. The fraction of sp³-hybridized carbons (Fsp3) is 0.750. The van der Waals surface area contributed by atoms with Gasteiger partial charge in [-0.25, -0.2) is 15.8 Å². The number of aryl methyl sites for hydroxylation is 1. The molecule has 4 N–H and O–H groups in total. The number of anilines is 2. The van der Waals surface area contributed by atoms with Crippen molar-refractivity contribution in [2.75, 3.05) is 17.3 Å². The molecule has 2 rings (SSSR count). The van der Waals surface area contributed by atoms with Crippen LogP contribution in [0.2, 0.25) is 0 Å². The van der Waals surface area contributed by atoms with Crippen LogP contribution in [0.1, 0.15) is 58.7 Å². The first-order valence-electron chi connectivity index (χ1n) is 8.15.